The fourth-order valence-electron chi connectivity index (χ4n) is 1.94. The highest BCUT2D eigenvalue weighted by Gasteiger charge is 2.24. The van der Waals surface area contributed by atoms with Crippen LogP contribution in [0.2, 0.25) is 0 Å². The Balaban J connectivity index is 2.20. The van der Waals surface area contributed by atoms with E-state index >= 15 is 0 Å². The molecule has 1 aliphatic rings. The van der Waals surface area contributed by atoms with Gasteiger partial charge < -0.3 is 10.1 Å². The number of anilines is 1. The zero-order chi connectivity index (χ0) is 11.7. The molecule has 0 aromatic carbocycles. The van der Waals surface area contributed by atoms with E-state index < -0.39 is 0 Å². The van der Waals surface area contributed by atoms with Crippen LogP contribution >= 0.6 is 0 Å². The fourth-order valence-corrected chi connectivity index (χ4v) is 1.94. The molecule has 1 aliphatic heterocycles. The van der Waals surface area contributed by atoms with Crippen LogP contribution in [0.5, 0.6) is 0 Å². The molecular formula is C10H16N4O2. The van der Waals surface area contributed by atoms with E-state index in [0.717, 1.165) is 12.4 Å². The number of hydrogen-bond donors (Lipinski definition) is 1. The van der Waals surface area contributed by atoms with Crippen LogP contribution in [0.15, 0.2) is 0 Å². The molecule has 1 aromatic rings. The molecule has 2 atom stereocenters. The van der Waals surface area contributed by atoms with Crippen LogP contribution in [0.3, 0.4) is 0 Å². The average Bonchev–Trinajstić information content (AvgIpc) is 2.60. The highest BCUT2D eigenvalue weighted by Crippen LogP contribution is 2.24. The second-order valence-corrected chi connectivity index (χ2v) is 4.18. The van der Waals surface area contributed by atoms with Crippen molar-refractivity contribution in [3.8, 4) is 0 Å². The first kappa shape index (κ1) is 10.9. The number of ether oxygens (including phenoxy) is 1. The molecule has 2 rings (SSSR count). The predicted molar refractivity (Wildman–Crippen MR) is 58.2 cm³/mol. The van der Waals surface area contributed by atoms with Crippen LogP contribution in [0.4, 0.5) is 5.95 Å². The van der Waals surface area contributed by atoms with E-state index in [1.54, 1.807) is 0 Å². The van der Waals surface area contributed by atoms with Gasteiger partial charge in [-0.2, -0.15) is 10.1 Å². The summed E-state index contributed by atoms with van der Waals surface area (Å²) in [4.78, 5) is 15.4. The molecular weight excluding hydrogens is 208 g/mol. The van der Waals surface area contributed by atoms with Gasteiger partial charge in [-0.05, 0) is 20.3 Å². The Labute approximate surface area is 94.0 Å². The van der Waals surface area contributed by atoms with Crippen molar-refractivity contribution >= 4 is 11.9 Å². The minimum Gasteiger partial charge on any atom is -0.469 e. The number of nitrogens with zero attached hydrogens (tertiary/aromatic N) is 3. The van der Waals surface area contributed by atoms with Crippen molar-refractivity contribution in [3.05, 3.63) is 5.82 Å². The Morgan fingerprint density at radius 2 is 2.38 bits per heavy atom. The third-order valence-corrected chi connectivity index (χ3v) is 2.69. The summed E-state index contributed by atoms with van der Waals surface area (Å²) in [7, 11) is 1.36. The molecule has 6 heteroatoms. The van der Waals surface area contributed by atoms with E-state index in [4.69, 9.17) is 0 Å². The summed E-state index contributed by atoms with van der Waals surface area (Å²) < 4.78 is 6.42. The lowest BCUT2D eigenvalue weighted by Gasteiger charge is -2.26. The number of carbonyl (C=O) groups is 1. The van der Waals surface area contributed by atoms with E-state index in [-0.39, 0.29) is 12.4 Å². The standard InChI is InChI=1S/C10H16N4O2/c1-6-4-7(2)14-10(11-6)12-8(13-14)5-9(15)16-3/h6-7H,4-5H2,1-3H3,(H,11,12,13). The minimum absolute atomic E-state index is 0.124. The molecule has 0 saturated carbocycles. The third kappa shape index (κ3) is 2.00. The lowest BCUT2D eigenvalue weighted by atomic mass is 10.1. The molecule has 0 saturated heterocycles. The van der Waals surface area contributed by atoms with Gasteiger partial charge >= 0.3 is 5.97 Å². The second kappa shape index (κ2) is 4.11. The lowest BCUT2D eigenvalue weighted by Crippen LogP contribution is -2.29. The molecule has 0 radical (unpaired) electrons. The Bertz CT molecular complexity index is 402. The summed E-state index contributed by atoms with van der Waals surface area (Å²) >= 11 is 0. The first-order chi connectivity index (χ1) is 7.60. The normalized spacial score (nSPS) is 23.4. The van der Waals surface area contributed by atoms with Crippen LogP contribution in [0.25, 0.3) is 0 Å². The maximum Gasteiger partial charge on any atom is 0.313 e. The monoisotopic (exact) mass is 224 g/mol. The van der Waals surface area contributed by atoms with Crippen molar-refractivity contribution in [3.63, 3.8) is 0 Å². The summed E-state index contributed by atoms with van der Waals surface area (Å²) in [6, 6.07) is 0.697. The number of aromatic nitrogens is 3. The number of rotatable bonds is 2. The van der Waals surface area contributed by atoms with E-state index in [1.165, 1.54) is 7.11 Å². The summed E-state index contributed by atoms with van der Waals surface area (Å²) in [5.74, 6) is 0.934. The topological polar surface area (TPSA) is 69.0 Å². The number of fused-ring (bicyclic) bond motifs is 1. The minimum atomic E-state index is -0.316. The van der Waals surface area contributed by atoms with Gasteiger partial charge in [0.1, 0.15) is 6.42 Å². The van der Waals surface area contributed by atoms with Crippen LogP contribution in [-0.2, 0) is 16.0 Å². The van der Waals surface area contributed by atoms with Crippen LogP contribution in [0, 0.1) is 0 Å². The van der Waals surface area contributed by atoms with Gasteiger partial charge in [-0.25, -0.2) is 4.68 Å². The van der Waals surface area contributed by atoms with Gasteiger partial charge in [-0.1, -0.05) is 0 Å². The second-order valence-electron chi connectivity index (χ2n) is 4.18. The molecule has 0 aliphatic carbocycles. The number of methoxy groups -OCH3 is 1. The number of carbonyl (C=O) groups excluding carboxylic acids is 1. The summed E-state index contributed by atoms with van der Waals surface area (Å²) in [5, 5.41) is 7.54. The van der Waals surface area contributed by atoms with Crippen molar-refractivity contribution in [2.45, 2.75) is 38.8 Å². The SMILES string of the molecule is COC(=O)Cc1nc2n(n1)C(C)CC(C)N2. The summed E-state index contributed by atoms with van der Waals surface area (Å²) in [6.45, 7) is 4.20. The molecule has 0 amide bonds. The first-order valence-corrected chi connectivity index (χ1v) is 5.39. The van der Waals surface area contributed by atoms with Crippen LogP contribution in [0.1, 0.15) is 32.1 Å². The molecule has 2 unspecified atom stereocenters. The first-order valence-electron chi connectivity index (χ1n) is 5.39. The zero-order valence-electron chi connectivity index (χ0n) is 9.73. The molecule has 0 fully saturated rings. The predicted octanol–water partition coefficient (Wildman–Crippen LogP) is 0.759. The highest BCUT2D eigenvalue weighted by atomic mass is 16.5. The van der Waals surface area contributed by atoms with Gasteiger partial charge in [-0.3, -0.25) is 4.79 Å². The third-order valence-electron chi connectivity index (χ3n) is 2.69. The molecule has 16 heavy (non-hydrogen) atoms. The average molecular weight is 224 g/mol. The molecule has 1 N–H and O–H groups in total. The quantitative estimate of drug-likeness (QED) is 0.751. The smallest absolute Gasteiger partial charge is 0.313 e. The van der Waals surface area contributed by atoms with Crippen molar-refractivity contribution < 1.29 is 9.53 Å². The van der Waals surface area contributed by atoms with E-state index in [0.29, 0.717) is 17.9 Å². The maximum absolute atomic E-state index is 11.1. The van der Waals surface area contributed by atoms with Gasteiger partial charge in [-0.15, -0.1) is 0 Å². The van der Waals surface area contributed by atoms with Crippen molar-refractivity contribution in [2.75, 3.05) is 12.4 Å². The van der Waals surface area contributed by atoms with Gasteiger partial charge in [0.25, 0.3) is 0 Å². The van der Waals surface area contributed by atoms with E-state index in [9.17, 15) is 4.79 Å². The van der Waals surface area contributed by atoms with Crippen LogP contribution in [-0.4, -0.2) is 33.9 Å². The van der Waals surface area contributed by atoms with E-state index in [1.807, 2.05) is 4.68 Å². The maximum atomic E-state index is 11.1. The molecule has 0 bridgehead atoms. The van der Waals surface area contributed by atoms with Crippen LogP contribution < -0.4 is 5.32 Å². The largest absolute Gasteiger partial charge is 0.469 e. The van der Waals surface area contributed by atoms with Gasteiger partial charge in [0.05, 0.1) is 13.2 Å². The van der Waals surface area contributed by atoms with Crippen molar-refractivity contribution in [2.24, 2.45) is 0 Å². The van der Waals surface area contributed by atoms with Gasteiger partial charge in [0, 0.05) is 6.04 Å². The highest BCUT2D eigenvalue weighted by molar-refractivity contribution is 5.71. The summed E-state index contributed by atoms with van der Waals surface area (Å²) in [6.07, 6.45) is 1.13. The molecule has 88 valence electrons. The molecule has 0 spiro atoms. The van der Waals surface area contributed by atoms with Crippen molar-refractivity contribution in [1.29, 1.82) is 0 Å². The zero-order valence-corrected chi connectivity index (χ0v) is 9.73. The van der Waals surface area contributed by atoms with E-state index in [2.05, 4.69) is 34.0 Å². The lowest BCUT2D eigenvalue weighted by molar-refractivity contribution is -0.139. The molecule has 2 heterocycles. The number of esters is 1. The Morgan fingerprint density at radius 3 is 3.06 bits per heavy atom. The molecule has 1 aromatic heterocycles. The van der Waals surface area contributed by atoms with Crippen molar-refractivity contribution in [1.82, 2.24) is 14.8 Å². The van der Waals surface area contributed by atoms with Gasteiger partial charge in [0.2, 0.25) is 5.95 Å². The fraction of sp³-hybridized carbons (Fsp3) is 0.700. The summed E-state index contributed by atoms with van der Waals surface area (Å²) in [5.41, 5.74) is 0. The number of hydrogen-bond acceptors (Lipinski definition) is 5. The Hall–Kier alpha value is -1.59. The Morgan fingerprint density at radius 1 is 1.62 bits per heavy atom. The Kier molecular flexibility index (Phi) is 2.80. The van der Waals surface area contributed by atoms with Gasteiger partial charge in [0.15, 0.2) is 5.82 Å². The number of nitrogens with one attached hydrogen (secondary N) is 1. The molecule has 6 nitrogen and oxygen atoms in total.